The number of benzene rings is 2. The number of hydrogen-bond donors (Lipinski definition) is 1. The summed E-state index contributed by atoms with van der Waals surface area (Å²) in [6, 6.07) is 13.6. The summed E-state index contributed by atoms with van der Waals surface area (Å²) in [6.07, 6.45) is 0. The molecule has 0 bridgehead atoms. The van der Waals surface area contributed by atoms with Crippen molar-refractivity contribution < 1.29 is 9.59 Å². The third-order valence-corrected chi connectivity index (χ3v) is 3.26. The maximum Gasteiger partial charge on any atom is 0.257 e. The molecule has 1 N–H and O–H groups in total. The van der Waals surface area contributed by atoms with Crippen molar-refractivity contribution in [1.29, 1.82) is 0 Å². The van der Waals surface area contributed by atoms with Crippen molar-refractivity contribution in [2.24, 2.45) is 0 Å². The fourth-order valence-electron chi connectivity index (χ4n) is 1.85. The Balaban J connectivity index is 2.30. The summed E-state index contributed by atoms with van der Waals surface area (Å²) in [5, 5.41) is 3.10. The monoisotopic (exact) mass is 302 g/mol. The molecule has 0 atom stereocenters. The molecule has 21 heavy (non-hydrogen) atoms. The van der Waals surface area contributed by atoms with Gasteiger partial charge in [0.25, 0.3) is 11.8 Å². The van der Waals surface area contributed by atoms with E-state index in [4.69, 9.17) is 11.6 Å². The van der Waals surface area contributed by atoms with E-state index in [1.165, 1.54) is 4.90 Å². The second-order valence-corrected chi connectivity index (χ2v) is 5.09. The van der Waals surface area contributed by atoms with Crippen LogP contribution in [0.1, 0.15) is 20.7 Å². The van der Waals surface area contributed by atoms with Crippen LogP contribution >= 0.6 is 11.6 Å². The summed E-state index contributed by atoms with van der Waals surface area (Å²) in [4.78, 5) is 25.8. The smallest absolute Gasteiger partial charge is 0.257 e. The molecule has 2 rings (SSSR count). The molecule has 5 heteroatoms. The predicted octanol–water partition coefficient (Wildman–Crippen LogP) is 3.29. The number of carbonyl (C=O) groups is 2. The first-order valence-corrected chi connectivity index (χ1v) is 6.75. The van der Waals surface area contributed by atoms with Crippen molar-refractivity contribution in [1.82, 2.24) is 4.90 Å². The van der Waals surface area contributed by atoms with Gasteiger partial charge in [-0.15, -0.1) is 0 Å². The summed E-state index contributed by atoms with van der Waals surface area (Å²) in [5.74, 6) is -0.523. The van der Waals surface area contributed by atoms with E-state index < -0.39 is 0 Å². The van der Waals surface area contributed by atoms with Crippen LogP contribution in [-0.2, 0) is 0 Å². The van der Waals surface area contributed by atoms with Crippen LogP contribution < -0.4 is 5.32 Å². The number of nitrogens with zero attached hydrogens (tertiary/aromatic N) is 1. The van der Waals surface area contributed by atoms with Crippen LogP contribution in [-0.4, -0.2) is 30.8 Å². The van der Waals surface area contributed by atoms with Crippen LogP contribution in [0.3, 0.4) is 0 Å². The lowest BCUT2D eigenvalue weighted by molar-refractivity contribution is 0.0828. The Morgan fingerprint density at radius 1 is 0.952 bits per heavy atom. The third-order valence-electron chi connectivity index (χ3n) is 2.93. The van der Waals surface area contributed by atoms with Crippen molar-refractivity contribution in [3.63, 3.8) is 0 Å². The molecule has 0 fully saturated rings. The van der Waals surface area contributed by atoms with Crippen LogP contribution in [0.2, 0.25) is 5.02 Å². The molecule has 0 aliphatic heterocycles. The summed E-state index contributed by atoms with van der Waals surface area (Å²) < 4.78 is 0. The van der Waals surface area contributed by atoms with Crippen LogP contribution in [0, 0.1) is 0 Å². The zero-order chi connectivity index (χ0) is 15.4. The summed E-state index contributed by atoms with van der Waals surface area (Å²) in [5.41, 5.74) is 1.26. The number of anilines is 1. The Bertz CT molecular complexity index is 683. The third kappa shape index (κ3) is 3.41. The molecule has 2 amide bonds. The van der Waals surface area contributed by atoms with Crippen LogP contribution in [0.5, 0.6) is 0 Å². The van der Waals surface area contributed by atoms with Gasteiger partial charge < -0.3 is 10.2 Å². The minimum Gasteiger partial charge on any atom is -0.345 e. The van der Waals surface area contributed by atoms with E-state index in [1.54, 1.807) is 62.6 Å². The topological polar surface area (TPSA) is 49.4 Å². The number of para-hydroxylation sites is 1. The maximum absolute atomic E-state index is 12.3. The number of rotatable bonds is 3. The van der Waals surface area contributed by atoms with E-state index in [9.17, 15) is 9.59 Å². The zero-order valence-corrected chi connectivity index (χ0v) is 12.5. The van der Waals surface area contributed by atoms with E-state index in [2.05, 4.69) is 5.32 Å². The molecular formula is C16H15ClN2O2. The number of amides is 2. The van der Waals surface area contributed by atoms with Gasteiger partial charge in [0.2, 0.25) is 0 Å². The molecule has 0 heterocycles. The molecule has 0 aliphatic rings. The molecule has 2 aromatic rings. The van der Waals surface area contributed by atoms with Gasteiger partial charge in [-0.25, -0.2) is 0 Å². The Morgan fingerprint density at radius 2 is 1.52 bits per heavy atom. The normalized spacial score (nSPS) is 10.0. The highest BCUT2D eigenvalue weighted by atomic mass is 35.5. The first-order chi connectivity index (χ1) is 10.0. The molecule has 0 saturated heterocycles. The highest BCUT2D eigenvalue weighted by molar-refractivity contribution is 6.34. The van der Waals surface area contributed by atoms with Crippen molar-refractivity contribution in [2.75, 3.05) is 19.4 Å². The van der Waals surface area contributed by atoms with Crippen LogP contribution in [0.15, 0.2) is 48.5 Å². The largest absolute Gasteiger partial charge is 0.345 e. The van der Waals surface area contributed by atoms with E-state index in [0.29, 0.717) is 21.8 Å². The van der Waals surface area contributed by atoms with Gasteiger partial charge in [0.05, 0.1) is 21.8 Å². The van der Waals surface area contributed by atoms with Gasteiger partial charge in [-0.1, -0.05) is 35.9 Å². The number of carbonyl (C=O) groups excluding carboxylic acids is 2. The molecule has 0 radical (unpaired) electrons. The minimum atomic E-state index is -0.348. The number of hydrogen-bond acceptors (Lipinski definition) is 2. The fraction of sp³-hybridized carbons (Fsp3) is 0.125. The van der Waals surface area contributed by atoms with Crippen molar-refractivity contribution in [3.05, 3.63) is 64.7 Å². The minimum absolute atomic E-state index is 0.176. The lowest BCUT2D eigenvalue weighted by Crippen LogP contribution is -2.24. The van der Waals surface area contributed by atoms with Crippen molar-refractivity contribution in [3.8, 4) is 0 Å². The van der Waals surface area contributed by atoms with E-state index in [1.807, 2.05) is 0 Å². The second-order valence-electron chi connectivity index (χ2n) is 4.68. The standard InChI is InChI=1S/C16H15ClN2O2/c1-19(2)16(21)12-8-4-6-10-14(12)18-15(20)11-7-3-5-9-13(11)17/h3-10H,1-2H3,(H,18,20). The molecule has 0 saturated carbocycles. The van der Waals surface area contributed by atoms with Gasteiger partial charge >= 0.3 is 0 Å². The number of halogens is 1. The van der Waals surface area contributed by atoms with E-state index >= 15 is 0 Å². The molecule has 0 aromatic heterocycles. The molecule has 108 valence electrons. The van der Waals surface area contributed by atoms with Gasteiger partial charge in [-0.2, -0.15) is 0 Å². The van der Waals surface area contributed by atoms with Gasteiger partial charge in [-0.05, 0) is 24.3 Å². The Morgan fingerprint density at radius 3 is 2.14 bits per heavy atom. The summed E-state index contributed by atoms with van der Waals surface area (Å²) in [6.45, 7) is 0. The molecular weight excluding hydrogens is 288 g/mol. The van der Waals surface area contributed by atoms with Gasteiger partial charge in [0.15, 0.2) is 0 Å². The van der Waals surface area contributed by atoms with Crippen LogP contribution in [0.25, 0.3) is 0 Å². The molecule has 0 spiro atoms. The highest BCUT2D eigenvalue weighted by Gasteiger charge is 2.16. The van der Waals surface area contributed by atoms with Crippen molar-refractivity contribution in [2.45, 2.75) is 0 Å². The molecule has 0 aliphatic carbocycles. The summed E-state index contributed by atoms with van der Waals surface area (Å²) in [7, 11) is 3.32. The van der Waals surface area contributed by atoms with Gasteiger partial charge in [0.1, 0.15) is 0 Å². The lowest BCUT2D eigenvalue weighted by Gasteiger charge is -2.15. The highest BCUT2D eigenvalue weighted by Crippen LogP contribution is 2.20. The zero-order valence-electron chi connectivity index (χ0n) is 11.8. The quantitative estimate of drug-likeness (QED) is 0.946. The van der Waals surface area contributed by atoms with Crippen LogP contribution in [0.4, 0.5) is 5.69 Å². The van der Waals surface area contributed by atoms with Crippen molar-refractivity contribution >= 4 is 29.1 Å². The average molecular weight is 303 g/mol. The Labute approximate surface area is 128 Å². The fourth-order valence-corrected chi connectivity index (χ4v) is 2.08. The molecule has 4 nitrogen and oxygen atoms in total. The van der Waals surface area contributed by atoms with Gasteiger partial charge in [-0.3, -0.25) is 9.59 Å². The van der Waals surface area contributed by atoms with E-state index in [-0.39, 0.29) is 11.8 Å². The average Bonchev–Trinajstić information content (AvgIpc) is 2.47. The first-order valence-electron chi connectivity index (χ1n) is 6.37. The molecule has 0 unspecified atom stereocenters. The van der Waals surface area contributed by atoms with E-state index in [0.717, 1.165) is 0 Å². The SMILES string of the molecule is CN(C)C(=O)c1ccccc1NC(=O)c1ccccc1Cl. The van der Waals surface area contributed by atoms with Gasteiger partial charge in [0, 0.05) is 14.1 Å². The summed E-state index contributed by atoms with van der Waals surface area (Å²) >= 11 is 6.00. The lowest BCUT2D eigenvalue weighted by atomic mass is 10.1. The Hall–Kier alpha value is -2.33. The molecule has 2 aromatic carbocycles. The second kappa shape index (κ2) is 6.41. The maximum atomic E-state index is 12.3. The number of nitrogens with one attached hydrogen (secondary N) is 1. The predicted molar refractivity (Wildman–Crippen MR) is 83.9 cm³/mol. The first kappa shape index (κ1) is 15.1. The Kier molecular flexibility index (Phi) is 4.60.